The first-order valence-corrected chi connectivity index (χ1v) is 19.9. The number of hydrogen-bond donors (Lipinski definition) is 0. The van der Waals surface area contributed by atoms with Crippen LogP contribution in [0.1, 0.15) is 25.0 Å². The lowest BCUT2D eigenvalue weighted by molar-refractivity contribution is 0.660. The van der Waals surface area contributed by atoms with Crippen molar-refractivity contribution in [3.63, 3.8) is 0 Å². The summed E-state index contributed by atoms with van der Waals surface area (Å²) in [4.78, 5) is 2.45. The van der Waals surface area contributed by atoms with Gasteiger partial charge in [0.2, 0.25) is 0 Å². The SMILES string of the molecule is CC1(C)c2ccccc2-c2cc(N(c3ccc(-c4ccc5c(c4)sc4ccc6ccccc6c45)cc3)c3ccccc3-c3cccc4ccccc34)ccc21. The molecular weight excluding hydrogens is 683 g/mol. The van der Waals surface area contributed by atoms with Crippen LogP contribution in [-0.4, -0.2) is 0 Å². The Bertz CT molecular complexity index is 3120. The summed E-state index contributed by atoms with van der Waals surface area (Å²) >= 11 is 1.88. The van der Waals surface area contributed by atoms with Gasteiger partial charge in [0.1, 0.15) is 0 Å². The predicted molar refractivity (Wildman–Crippen MR) is 237 cm³/mol. The van der Waals surface area contributed by atoms with Crippen molar-refractivity contribution in [1.29, 1.82) is 0 Å². The summed E-state index contributed by atoms with van der Waals surface area (Å²) in [6.45, 7) is 4.70. The second-order valence-corrected chi connectivity index (χ2v) is 16.4. The van der Waals surface area contributed by atoms with Gasteiger partial charge in [-0.25, -0.2) is 0 Å². The fraction of sp³-hybridized carbons (Fsp3) is 0.0566. The highest BCUT2D eigenvalue weighted by atomic mass is 32.1. The van der Waals surface area contributed by atoms with Gasteiger partial charge in [0.25, 0.3) is 0 Å². The lowest BCUT2D eigenvalue weighted by Crippen LogP contribution is -2.15. The maximum absolute atomic E-state index is 2.45. The molecule has 9 aromatic carbocycles. The molecule has 55 heavy (non-hydrogen) atoms. The van der Waals surface area contributed by atoms with Gasteiger partial charge in [-0.15, -0.1) is 11.3 Å². The lowest BCUT2D eigenvalue weighted by Gasteiger charge is -2.29. The molecule has 0 atom stereocenters. The number of thiophene rings is 1. The summed E-state index contributed by atoms with van der Waals surface area (Å²) in [7, 11) is 0. The smallest absolute Gasteiger partial charge is 0.0540 e. The largest absolute Gasteiger partial charge is 0.310 e. The van der Waals surface area contributed by atoms with Crippen molar-refractivity contribution < 1.29 is 0 Å². The second-order valence-electron chi connectivity index (χ2n) is 15.3. The Balaban J connectivity index is 1.07. The standard InChI is InChI=1S/C53H37NS/c1-53(2)47-20-9-7-17-43(47)46-33-39(28-30-48(46)53)54(49-21-10-8-18-44(49)42-19-11-14-35-12-3-5-15-40(35)42)38-26-22-34(23-27-38)37-24-29-45-51(32-37)55-50-31-25-36-13-4-6-16-41(36)52(45)50/h3-33H,1-2H3. The molecular formula is C53H37NS. The number of benzene rings is 9. The Hall–Kier alpha value is -6.48. The van der Waals surface area contributed by atoms with Crippen molar-refractivity contribution in [2.45, 2.75) is 19.3 Å². The molecule has 11 rings (SSSR count). The van der Waals surface area contributed by atoms with Crippen molar-refractivity contribution in [3.05, 3.63) is 199 Å². The summed E-state index contributed by atoms with van der Waals surface area (Å²) in [6, 6.07) is 69.6. The summed E-state index contributed by atoms with van der Waals surface area (Å²) in [5, 5.41) is 7.80. The van der Waals surface area contributed by atoms with Crippen LogP contribution in [0.2, 0.25) is 0 Å². The van der Waals surface area contributed by atoms with Crippen LogP contribution in [-0.2, 0) is 5.41 Å². The van der Waals surface area contributed by atoms with E-state index < -0.39 is 0 Å². The van der Waals surface area contributed by atoms with Gasteiger partial charge in [-0.3, -0.25) is 0 Å². The summed E-state index contributed by atoms with van der Waals surface area (Å²) in [5.74, 6) is 0. The highest BCUT2D eigenvalue weighted by molar-refractivity contribution is 7.26. The number of hydrogen-bond acceptors (Lipinski definition) is 2. The first kappa shape index (κ1) is 32.0. The Kier molecular flexibility index (Phi) is 7.14. The summed E-state index contributed by atoms with van der Waals surface area (Å²) in [5.41, 5.74) is 13.6. The third-order valence-electron chi connectivity index (χ3n) is 11.9. The molecule has 0 spiro atoms. The van der Waals surface area contributed by atoms with Crippen LogP contribution in [0.25, 0.3) is 75.1 Å². The molecule has 0 fully saturated rings. The number of rotatable bonds is 5. The maximum atomic E-state index is 2.45. The molecule has 0 aliphatic heterocycles. The van der Waals surface area contributed by atoms with Gasteiger partial charge in [-0.05, 0) is 103 Å². The molecule has 0 radical (unpaired) electrons. The fourth-order valence-electron chi connectivity index (χ4n) is 9.16. The van der Waals surface area contributed by atoms with Crippen molar-refractivity contribution in [1.82, 2.24) is 0 Å². The third kappa shape index (κ3) is 4.99. The van der Waals surface area contributed by atoms with E-state index in [1.165, 1.54) is 86.2 Å². The second kappa shape index (κ2) is 12.3. The van der Waals surface area contributed by atoms with Crippen LogP contribution < -0.4 is 4.90 Å². The minimum Gasteiger partial charge on any atom is -0.310 e. The molecule has 1 aromatic heterocycles. The Morgan fingerprint density at radius 1 is 0.400 bits per heavy atom. The van der Waals surface area contributed by atoms with E-state index in [1.54, 1.807) is 0 Å². The van der Waals surface area contributed by atoms with Crippen LogP contribution in [0.4, 0.5) is 17.1 Å². The lowest BCUT2D eigenvalue weighted by atomic mass is 9.82. The number of anilines is 3. The van der Waals surface area contributed by atoms with Crippen LogP contribution in [0.3, 0.4) is 0 Å². The monoisotopic (exact) mass is 719 g/mol. The average Bonchev–Trinajstić information content (AvgIpc) is 3.73. The van der Waals surface area contributed by atoms with Gasteiger partial charge < -0.3 is 4.90 Å². The molecule has 1 nitrogen and oxygen atoms in total. The molecule has 0 saturated carbocycles. The molecule has 2 heteroatoms. The molecule has 10 aromatic rings. The Morgan fingerprint density at radius 3 is 1.89 bits per heavy atom. The molecule has 260 valence electrons. The minimum atomic E-state index is -0.0551. The molecule has 0 bridgehead atoms. The summed E-state index contributed by atoms with van der Waals surface area (Å²) in [6.07, 6.45) is 0. The first-order valence-electron chi connectivity index (χ1n) is 19.1. The van der Waals surface area contributed by atoms with E-state index >= 15 is 0 Å². The van der Waals surface area contributed by atoms with Gasteiger partial charge in [-0.2, -0.15) is 0 Å². The number of para-hydroxylation sites is 1. The van der Waals surface area contributed by atoms with E-state index in [0.29, 0.717) is 0 Å². The van der Waals surface area contributed by atoms with Crippen molar-refractivity contribution >= 4 is 70.1 Å². The highest BCUT2D eigenvalue weighted by Crippen LogP contribution is 2.51. The fourth-order valence-corrected chi connectivity index (χ4v) is 10.3. The normalized spacial score (nSPS) is 13.1. The van der Waals surface area contributed by atoms with Crippen molar-refractivity contribution in [2.24, 2.45) is 0 Å². The third-order valence-corrected chi connectivity index (χ3v) is 13.0. The van der Waals surface area contributed by atoms with Gasteiger partial charge in [0.05, 0.1) is 5.69 Å². The molecule has 1 aliphatic carbocycles. The molecule has 1 heterocycles. The van der Waals surface area contributed by atoms with Crippen LogP contribution in [0.5, 0.6) is 0 Å². The zero-order valence-corrected chi connectivity index (χ0v) is 31.6. The molecule has 0 amide bonds. The zero-order chi connectivity index (χ0) is 36.7. The highest BCUT2D eigenvalue weighted by Gasteiger charge is 2.35. The quantitative estimate of drug-likeness (QED) is 0.171. The maximum Gasteiger partial charge on any atom is 0.0540 e. The zero-order valence-electron chi connectivity index (χ0n) is 30.8. The van der Waals surface area contributed by atoms with Crippen LogP contribution >= 0.6 is 11.3 Å². The van der Waals surface area contributed by atoms with Crippen LogP contribution in [0, 0.1) is 0 Å². The first-order chi connectivity index (χ1) is 27.0. The van der Waals surface area contributed by atoms with Crippen molar-refractivity contribution in [3.8, 4) is 33.4 Å². The van der Waals surface area contributed by atoms with Crippen LogP contribution in [0.15, 0.2) is 188 Å². The molecule has 1 aliphatic rings. The topological polar surface area (TPSA) is 3.24 Å². The van der Waals surface area contributed by atoms with Gasteiger partial charge in [0, 0.05) is 42.5 Å². The van der Waals surface area contributed by atoms with Crippen molar-refractivity contribution in [2.75, 3.05) is 4.90 Å². The van der Waals surface area contributed by atoms with E-state index in [2.05, 4.69) is 207 Å². The van der Waals surface area contributed by atoms with E-state index in [9.17, 15) is 0 Å². The Labute approximate surface area is 325 Å². The summed E-state index contributed by atoms with van der Waals surface area (Å²) < 4.78 is 2.65. The van der Waals surface area contributed by atoms with E-state index in [1.807, 2.05) is 11.3 Å². The van der Waals surface area contributed by atoms with E-state index in [0.717, 1.165) is 17.1 Å². The Morgan fingerprint density at radius 2 is 1.04 bits per heavy atom. The number of fused-ring (bicyclic) bond motifs is 9. The van der Waals surface area contributed by atoms with Gasteiger partial charge in [0.15, 0.2) is 0 Å². The minimum absolute atomic E-state index is 0.0551. The predicted octanol–water partition coefficient (Wildman–Crippen LogP) is 15.5. The van der Waals surface area contributed by atoms with Gasteiger partial charge in [-0.1, -0.05) is 159 Å². The van der Waals surface area contributed by atoms with E-state index in [4.69, 9.17) is 0 Å². The molecule has 0 unspecified atom stereocenters. The van der Waals surface area contributed by atoms with Gasteiger partial charge >= 0.3 is 0 Å². The molecule has 0 N–H and O–H groups in total. The van der Waals surface area contributed by atoms with E-state index in [-0.39, 0.29) is 5.41 Å². The number of nitrogens with zero attached hydrogens (tertiary/aromatic N) is 1. The molecule has 0 saturated heterocycles. The average molecular weight is 720 g/mol.